The number of piperidine rings is 3. The molecule has 3 aromatic carbocycles. The number of fused-ring (bicyclic) bond motifs is 4. The minimum Gasteiger partial charge on any atom is -0.497 e. The van der Waals surface area contributed by atoms with Crippen molar-refractivity contribution in [3.05, 3.63) is 96.7 Å². The zero-order chi connectivity index (χ0) is 25.6. The number of ether oxygens (including phenoxy) is 2. The Morgan fingerprint density at radius 1 is 0.946 bits per heavy atom. The van der Waals surface area contributed by atoms with Gasteiger partial charge >= 0.3 is 0 Å². The van der Waals surface area contributed by atoms with Crippen LogP contribution in [0.4, 0.5) is 0 Å². The number of nitrogens with zero attached hydrogens (tertiary/aromatic N) is 2. The number of hydrogen-bond acceptors (Lipinski definition) is 5. The molecule has 5 nitrogen and oxygen atoms in total. The maximum atomic E-state index is 11.2. The molecule has 3 aliphatic rings. The molecule has 7 rings (SSSR count). The van der Waals surface area contributed by atoms with Crippen LogP contribution >= 0.6 is 0 Å². The summed E-state index contributed by atoms with van der Waals surface area (Å²) in [6.07, 6.45) is 4.97. The molecule has 2 bridgehead atoms. The molecule has 3 saturated heterocycles. The number of aromatic nitrogens is 1. The Bertz CT molecular complexity index is 1240. The van der Waals surface area contributed by atoms with E-state index in [1.54, 1.807) is 13.3 Å². The number of pyridine rings is 1. The maximum absolute atomic E-state index is 11.2. The van der Waals surface area contributed by atoms with Gasteiger partial charge in [-0.1, -0.05) is 49.7 Å². The van der Waals surface area contributed by atoms with Crippen LogP contribution in [0.5, 0.6) is 17.2 Å². The van der Waals surface area contributed by atoms with E-state index in [0.717, 1.165) is 65.1 Å². The van der Waals surface area contributed by atoms with Gasteiger partial charge in [-0.3, -0.25) is 9.88 Å². The van der Waals surface area contributed by atoms with Crippen LogP contribution in [0, 0.1) is 11.8 Å². The number of aliphatic hydroxyl groups excluding tert-OH is 1. The van der Waals surface area contributed by atoms with E-state index < -0.39 is 6.10 Å². The van der Waals surface area contributed by atoms with Crippen molar-refractivity contribution in [1.29, 1.82) is 0 Å². The van der Waals surface area contributed by atoms with Crippen molar-refractivity contribution >= 4 is 10.9 Å². The van der Waals surface area contributed by atoms with E-state index in [2.05, 4.69) is 16.8 Å². The van der Waals surface area contributed by atoms with E-state index in [0.29, 0.717) is 0 Å². The third kappa shape index (κ3) is 5.79. The van der Waals surface area contributed by atoms with Crippen molar-refractivity contribution in [2.75, 3.05) is 20.2 Å². The summed E-state index contributed by atoms with van der Waals surface area (Å²) in [6, 6.07) is 27.6. The average Bonchev–Trinajstić information content (AvgIpc) is 2.97. The molecule has 3 aliphatic heterocycles. The third-order valence-electron chi connectivity index (χ3n) is 7.85. The average molecular weight is 497 g/mol. The molecule has 0 radical (unpaired) electrons. The van der Waals surface area contributed by atoms with Crippen LogP contribution in [-0.2, 0) is 0 Å². The van der Waals surface area contributed by atoms with Crippen molar-refractivity contribution < 1.29 is 14.6 Å². The summed E-state index contributed by atoms with van der Waals surface area (Å²) in [5.41, 5.74) is 1.89. The fourth-order valence-corrected chi connectivity index (χ4v) is 5.82. The molecular weight excluding hydrogens is 460 g/mol. The van der Waals surface area contributed by atoms with Crippen LogP contribution < -0.4 is 9.47 Å². The Morgan fingerprint density at radius 2 is 1.65 bits per heavy atom. The van der Waals surface area contributed by atoms with Gasteiger partial charge in [-0.15, -0.1) is 0 Å². The van der Waals surface area contributed by atoms with Crippen molar-refractivity contribution in [1.82, 2.24) is 9.88 Å². The first-order valence-electron chi connectivity index (χ1n) is 13.3. The highest BCUT2D eigenvalue weighted by atomic mass is 16.5. The van der Waals surface area contributed by atoms with E-state index in [4.69, 9.17) is 9.47 Å². The quantitative estimate of drug-likeness (QED) is 0.315. The Morgan fingerprint density at radius 3 is 2.24 bits per heavy atom. The predicted octanol–water partition coefficient (Wildman–Crippen LogP) is 6.88. The van der Waals surface area contributed by atoms with Crippen LogP contribution in [-0.4, -0.2) is 41.2 Å². The lowest BCUT2D eigenvalue weighted by Crippen LogP contribution is -2.55. The Kier molecular flexibility index (Phi) is 8.02. The first-order valence-corrected chi connectivity index (χ1v) is 13.3. The van der Waals surface area contributed by atoms with Gasteiger partial charge in [-0.05, 0) is 85.3 Å². The number of methoxy groups -OCH3 is 1. The topological polar surface area (TPSA) is 54.8 Å². The Hall–Kier alpha value is -3.41. The largest absolute Gasteiger partial charge is 0.497 e. The maximum Gasteiger partial charge on any atom is 0.127 e. The third-order valence-corrected chi connectivity index (χ3v) is 7.85. The monoisotopic (exact) mass is 496 g/mol. The van der Waals surface area contributed by atoms with Crippen molar-refractivity contribution in [2.24, 2.45) is 11.8 Å². The zero-order valence-corrected chi connectivity index (χ0v) is 21.7. The zero-order valence-electron chi connectivity index (χ0n) is 21.7. The number of para-hydroxylation sites is 2. The number of rotatable bonds is 6. The molecule has 1 aromatic heterocycles. The second-order valence-corrected chi connectivity index (χ2v) is 9.97. The summed E-state index contributed by atoms with van der Waals surface area (Å²) < 4.78 is 10.9. The van der Waals surface area contributed by atoms with Gasteiger partial charge in [-0.2, -0.15) is 0 Å². The highest BCUT2D eigenvalue weighted by Gasteiger charge is 2.42. The molecule has 4 heterocycles. The normalized spacial score (nSPS) is 23.1. The molecule has 1 N–H and O–H groups in total. The van der Waals surface area contributed by atoms with Gasteiger partial charge in [-0.25, -0.2) is 0 Å². The fourth-order valence-electron chi connectivity index (χ4n) is 5.82. The molecule has 192 valence electrons. The first-order chi connectivity index (χ1) is 18.2. The minimum absolute atomic E-state index is 0.225. The van der Waals surface area contributed by atoms with Gasteiger partial charge in [0.1, 0.15) is 17.2 Å². The molecule has 0 aliphatic carbocycles. The molecule has 3 fully saturated rings. The van der Waals surface area contributed by atoms with Crippen LogP contribution in [0.2, 0.25) is 0 Å². The van der Waals surface area contributed by atoms with Crippen LogP contribution in [0.25, 0.3) is 10.9 Å². The van der Waals surface area contributed by atoms with Gasteiger partial charge in [0.2, 0.25) is 0 Å². The van der Waals surface area contributed by atoms with Gasteiger partial charge in [0.25, 0.3) is 0 Å². The van der Waals surface area contributed by atoms with Gasteiger partial charge in [0, 0.05) is 24.2 Å². The second kappa shape index (κ2) is 11.8. The summed E-state index contributed by atoms with van der Waals surface area (Å²) >= 11 is 0. The summed E-state index contributed by atoms with van der Waals surface area (Å²) in [6.45, 7) is 4.55. The van der Waals surface area contributed by atoms with E-state index >= 15 is 0 Å². The lowest BCUT2D eigenvalue weighted by atomic mass is 9.72. The van der Waals surface area contributed by atoms with Crippen LogP contribution in [0.3, 0.4) is 0 Å². The molecular formula is C32H36N2O3. The number of hydrogen-bond donors (Lipinski definition) is 1. The number of aliphatic hydroxyl groups is 1. The lowest BCUT2D eigenvalue weighted by Gasteiger charge is -2.51. The summed E-state index contributed by atoms with van der Waals surface area (Å²) in [7, 11) is 1.67. The van der Waals surface area contributed by atoms with E-state index in [1.165, 1.54) is 12.8 Å². The van der Waals surface area contributed by atoms with Crippen molar-refractivity contribution in [3.63, 3.8) is 0 Å². The molecule has 5 heteroatoms. The van der Waals surface area contributed by atoms with E-state index in [-0.39, 0.29) is 6.04 Å². The Balaban J connectivity index is 0.000000182. The molecule has 5 atom stereocenters. The van der Waals surface area contributed by atoms with E-state index in [9.17, 15) is 5.11 Å². The van der Waals surface area contributed by atoms with Gasteiger partial charge in [0.05, 0.1) is 18.7 Å². The highest BCUT2D eigenvalue weighted by molar-refractivity contribution is 5.84. The van der Waals surface area contributed by atoms with Crippen molar-refractivity contribution in [2.45, 2.75) is 38.3 Å². The van der Waals surface area contributed by atoms with Crippen LogP contribution in [0.1, 0.15) is 37.9 Å². The molecule has 0 amide bonds. The summed E-state index contributed by atoms with van der Waals surface area (Å²) in [5, 5.41) is 12.2. The lowest BCUT2D eigenvalue weighted by molar-refractivity contribution is -0.0562. The number of benzene rings is 3. The predicted molar refractivity (Wildman–Crippen MR) is 148 cm³/mol. The molecule has 0 saturated carbocycles. The second-order valence-electron chi connectivity index (χ2n) is 9.97. The van der Waals surface area contributed by atoms with Gasteiger partial charge in [0.15, 0.2) is 0 Å². The minimum atomic E-state index is -0.469. The molecule has 4 aromatic rings. The smallest absolute Gasteiger partial charge is 0.127 e. The standard InChI is InChI=1S/C20H26N2O2.C12H10O/c1-3-13-12-22-9-7-14(13)10-19(22)20(23)16-6-8-21-18-5-4-15(24-2)11-17(16)18;1-3-7-11(8-4-1)13-12-9-5-2-6-10-12/h4-6,8,11,13-14,19-20,23H,3,7,9-10,12H2,1-2H3;1-10H/t13-,14-,19+,20-;/m0./s1. The summed E-state index contributed by atoms with van der Waals surface area (Å²) in [4.78, 5) is 6.94. The SMILES string of the molecule is CC[C@H]1CN2CC[C@H]1C[C@@H]2[C@@H](O)c1ccnc2ccc(OC)cc12.c1ccc(Oc2ccccc2)cc1. The Labute approximate surface area is 219 Å². The van der Waals surface area contributed by atoms with E-state index in [1.807, 2.05) is 84.9 Å². The molecule has 1 unspecified atom stereocenters. The first kappa shape index (κ1) is 25.2. The summed E-state index contributed by atoms with van der Waals surface area (Å²) in [5.74, 6) is 4.11. The van der Waals surface area contributed by atoms with Crippen LogP contribution in [0.15, 0.2) is 91.1 Å². The van der Waals surface area contributed by atoms with Crippen molar-refractivity contribution in [3.8, 4) is 17.2 Å². The molecule has 37 heavy (non-hydrogen) atoms. The fraction of sp³-hybridized carbons (Fsp3) is 0.344. The highest BCUT2D eigenvalue weighted by Crippen LogP contribution is 2.42. The van der Waals surface area contributed by atoms with Gasteiger partial charge < -0.3 is 14.6 Å². The molecule has 0 spiro atoms.